The molecule has 0 aliphatic heterocycles. The summed E-state index contributed by atoms with van der Waals surface area (Å²) in [5.41, 5.74) is 1.80. The van der Waals surface area contributed by atoms with Crippen LogP contribution in [0.3, 0.4) is 0 Å². The van der Waals surface area contributed by atoms with Crippen LogP contribution in [-0.4, -0.2) is 34.7 Å². The Morgan fingerprint density at radius 3 is 2.90 bits per heavy atom. The molecule has 0 aromatic carbocycles. The van der Waals surface area contributed by atoms with Crippen molar-refractivity contribution in [3.63, 3.8) is 0 Å². The first kappa shape index (κ1) is 18.0. The van der Waals surface area contributed by atoms with Crippen LogP contribution >= 0.6 is 23.1 Å². The topological polar surface area (TPSA) is 95.4 Å². The average molecular weight is 422 g/mol. The summed E-state index contributed by atoms with van der Waals surface area (Å²) < 4.78 is 7.52. The number of rotatable bonds is 5. The van der Waals surface area contributed by atoms with E-state index in [0.717, 1.165) is 32.4 Å². The van der Waals surface area contributed by atoms with E-state index in [0.29, 0.717) is 23.2 Å². The van der Waals surface area contributed by atoms with E-state index in [9.17, 15) is 0 Å². The number of aryl methyl sites for hydroxylation is 2. The van der Waals surface area contributed by atoms with E-state index in [1.807, 2.05) is 23.6 Å². The van der Waals surface area contributed by atoms with Crippen LogP contribution in [0.15, 0.2) is 57.0 Å². The van der Waals surface area contributed by atoms with Crippen molar-refractivity contribution in [1.29, 1.82) is 0 Å². The Bertz CT molecular complexity index is 1280. The smallest absolute Gasteiger partial charge is 0.198 e. The van der Waals surface area contributed by atoms with Gasteiger partial charge in [0.15, 0.2) is 11.0 Å². The Balaban J connectivity index is 1.62. The zero-order valence-corrected chi connectivity index (χ0v) is 17.2. The summed E-state index contributed by atoms with van der Waals surface area (Å²) in [5, 5.41) is 13.5. The standard InChI is InChI=1S/C19H15N7OS2/c1-11-10-28-17-15(11)18(23-12(2)22-17)29-19-25-24-16(14-8-20-5-6-21-14)26(19)9-13-4-3-7-27-13/h3-8,10H,9H2,1-2H3. The van der Waals surface area contributed by atoms with Gasteiger partial charge in [-0.05, 0) is 48.7 Å². The molecule has 5 aromatic heterocycles. The van der Waals surface area contributed by atoms with Crippen molar-refractivity contribution in [2.45, 2.75) is 30.6 Å². The van der Waals surface area contributed by atoms with Gasteiger partial charge in [0.2, 0.25) is 0 Å². The van der Waals surface area contributed by atoms with Gasteiger partial charge >= 0.3 is 0 Å². The third kappa shape index (κ3) is 3.40. The Morgan fingerprint density at radius 2 is 2.10 bits per heavy atom. The van der Waals surface area contributed by atoms with Gasteiger partial charge in [-0.2, -0.15) is 0 Å². The zero-order valence-electron chi connectivity index (χ0n) is 15.6. The first-order valence-corrected chi connectivity index (χ1v) is 10.5. The maximum absolute atomic E-state index is 5.55. The van der Waals surface area contributed by atoms with Crippen molar-refractivity contribution < 1.29 is 4.42 Å². The van der Waals surface area contributed by atoms with E-state index in [2.05, 4.69) is 42.4 Å². The van der Waals surface area contributed by atoms with Crippen LogP contribution < -0.4 is 0 Å². The van der Waals surface area contributed by atoms with Crippen LogP contribution in [0.25, 0.3) is 21.7 Å². The molecule has 8 nitrogen and oxygen atoms in total. The van der Waals surface area contributed by atoms with Gasteiger partial charge in [-0.3, -0.25) is 9.55 Å². The molecule has 0 fully saturated rings. The maximum Gasteiger partial charge on any atom is 0.198 e. The predicted molar refractivity (Wildman–Crippen MR) is 110 cm³/mol. The lowest BCUT2D eigenvalue weighted by Gasteiger charge is -2.09. The van der Waals surface area contributed by atoms with Crippen LogP contribution in [0, 0.1) is 13.8 Å². The zero-order chi connectivity index (χ0) is 19.8. The minimum absolute atomic E-state index is 0.476. The molecule has 5 rings (SSSR count). The Morgan fingerprint density at radius 1 is 1.17 bits per heavy atom. The molecule has 0 spiro atoms. The summed E-state index contributed by atoms with van der Waals surface area (Å²) in [6.45, 7) is 4.45. The summed E-state index contributed by atoms with van der Waals surface area (Å²) in [6, 6.07) is 3.78. The Hall–Kier alpha value is -3.11. The van der Waals surface area contributed by atoms with Crippen molar-refractivity contribution in [2.75, 3.05) is 0 Å². The molecule has 29 heavy (non-hydrogen) atoms. The van der Waals surface area contributed by atoms with Gasteiger partial charge < -0.3 is 4.42 Å². The lowest BCUT2D eigenvalue weighted by atomic mass is 10.3. The van der Waals surface area contributed by atoms with Gasteiger partial charge in [0, 0.05) is 17.8 Å². The average Bonchev–Trinajstić information content (AvgIpc) is 3.45. The fourth-order valence-corrected chi connectivity index (χ4v) is 5.06. The van der Waals surface area contributed by atoms with Gasteiger partial charge in [-0.1, -0.05) is 0 Å². The number of aromatic nitrogens is 7. The summed E-state index contributed by atoms with van der Waals surface area (Å²) in [4.78, 5) is 18.7. The second-order valence-electron chi connectivity index (χ2n) is 6.34. The van der Waals surface area contributed by atoms with Crippen molar-refractivity contribution in [3.05, 3.63) is 59.5 Å². The number of fused-ring (bicyclic) bond motifs is 1. The Kier molecular flexibility index (Phi) is 4.57. The molecular weight excluding hydrogens is 406 g/mol. The Labute approximate surface area is 174 Å². The highest BCUT2D eigenvalue weighted by molar-refractivity contribution is 7.99. The minimum atomic E-state index is 0.476. The van der Waals surface area contributed by atoms with Gasteiger partial charge in [0.1, 0.15) is 27.1 Å². The first-order valence-electron chi connectivity index (χ1n) is 8.81. The van der Waals surface area contributed by atoms with Crippen LogP contribution in [0.4, 0.5) is 0 Å². The fourth-order valence-electron chi connectivity index (χ4n) is 2.98. The predicted octanol–water partition coefficient (Wildman–Crippen LogP) is 4.15. The number of hydrogen-bond acceptors (Lipinski definition) is 9. The normalized spacial score (nSPS) is 11.4. The lowest BCUT2D eigenvalue weighted by Crippen LogP contribution is -2.04. The number of furan rings is 1. The van der Waals surface area contributed by atoms with E-state index >= 15 is 0 Å². The second-order valence-corrected chi connectivity index (χ2v) is 8.15. The molecule has 0 radical (unpaired) electrons. The van der Waals surface area contributed by atoms with Gasteiger partial charge in [-0.25, -0.2) is 15.0 Å². The van der Waals surface area contributed by atoms with Gasteiger partial charge in [0.05, 0.1) is 19.0 Å². The van der Waals surface area contributed by atoms with Gasteiger partial charge in [0.25, 0.3) is 0 Å². The van der Waals surface area contributed by atoms with Crippen LogP contribution in [0.5, 0.6) is 0 Å². The largest absolute Gasteiger partial charge is 0.467 e. The van der Waals surface area contributed by atoms with Crippen molar-refractivity contribution >= 4 is 33.3 Å². The molecule has 0 N–H and O–H groups in total. The van der Waals surface area contributed by atoms with Crippen molar-refractivity contribution in [3.8, 4) is 11.5 Å². The molecule has 10 heteroatoms. The number of thiophene rings is 1. The van der Waals surface area contributed by atoms with Crippen molar-refractivity contribution in [1.82, 2.24) is 34.7 Å². The molecule has 5 aromatic rings. The van der Waals surface area contributed by atoms with E-state index in [4.69, 9.17) is 4.42 Å². The summed E-state index contributed by atoms with van der Waals surface area (Å²) in [5.74, 6) is 2.15. The maximum atomic E-state index is 5.55. The van der Waals surface area contributed by atoms with Crippen LogP contribution in [0.2, 0.25) is 0 Å². The highest BCUT2D eigenvalue weighted by atomic mass is 32.2. The van der Waals surface area contributed by atoms with Crippen LogP contribution in [0.1, 0.15) is 17.1 Å². The quantitative estimate of drug-likeness (QED) is 0.391. The SMILES string of the molecule is Cc1nc(Sc2nnc(-c3cnccn3)n2Cc2ccco2)c2c(C)csc2n1. The summed E-state index contributed by atoms with van der Waals surface area (Å²) in [7, 11) is 0. The molecular formula is C19H15N7OS2. The number of nitrogens with zero attached hydrogens (tertiary/aromatic N) is 7. The monoisotopic (exact) mass is 421 g/mol. The minimum Gasteiger partial charge on any atom is -0.467 e. The molecule has 0 saturated carbocycles. The molecule has 0 bridgehead atoms. The second kappa shape index (κ2) is 7.37. The molecule has 144 valence electrons. The third-order valence-corrected chi connectivity index (χ3v) is 6.25. The summed E-state index contributed by atoms with van der Waals surface area (Å²) in [6.07, 6.45) is 6.60. The van der Waals surface area contributed by atoms with Gasteiger partial charge in [-0.15, -0.1) is 21.5 Å². The highest BCUT2D eigenvalue weighted by Gasteiger charge is 2.20. The van der Waals surface area contributed by atoms with Crippen molar-refractivity contribution in [2.24, 2.45) is 0 Å². The number of hydrogen-bond donors (Lipinski definition) is 0. The summed E-state index contributed by atoms with van der Waals surface area (Å²) >= 11 is 3.09. The van der Waals surface area contributed by atoms with E-state index < -0.39 is 0 Å². The van der Waals surface area contributed by atoms with Crippen LogP contribution in [-0.2, 0) is 6.54 Å². The molecule has 5 heterocycles. The lowest BCUT2D eigenvalue weighted by molar-refractivity contribution is 0.485. The molecule has 0 aliphatic rings. The third-order valence-electron chi connectivity index (χ3n) is 4.29. The fraction of sp³-hybridized carbons (Fsp3) is 0.158. The van der Waals surface area contributed by atoms with E-state index in [1.165, 1.54) is 11.8 Å². The first-order chi connectivity index (χ1) is 14.2. The highest BCUT2D eigenvalue weighted by Crippen LogP contribution is 2.36. The van der Waals surface area contributed by atoms with E-state index in [-0.39, 0.29) is 0 Å². The molecule has 0 atom stereocenters. The molecule has 0 unspecified atom stereocenters. The molecule has 0 amide bonds. The van der Waals surface area contributed by atoms with E-state index in [1.54, 1.807) is 36.2 Å². The molecule has 0 saturated heterocycles. The molecule has 0 aliphatic carbocycles.